The van der Waals surface area contributed by atoms with Crippen molar-refractivity contribution in [3.8, 4) is 0 Å². The van der Waals surface area contributed by atoms with Crippen LogP contribution in [0.2, 0.25) is 0 Å². The van der Waals surface area contributed by atoms with Gasteiger partial charge < -0.3 is 18.0 Å². The van der Waals surface area contributed by atoms with E-state index in [9.17, 15) is 9.59 Å². The molecule has 0 spiro atoms. The van der Waals surface area contributed by atoms with Crippen molar-refractivity contribution in [2.75, 3.05) is 0 Å². The van der Waals surface area contributed by atoms with Crippen LogP contribution in [-0.4, -0.2) is 23.0 Å². The fourth-order valence-corrected chi connectivity index (χ4v) is 0.304. The third-order valence-corrected chi connectivity index (χ3v) is 0.738. The standard InChI is InChI=1S/C4H8N2O3.Li.H/c5-2(4(8)9)1-3(6)7;;/h2H,1,5H2,(H2,6,7)(H,8,9);;/q;+1;-1. The second-order valence-corrected chi connectivity index (χ2v) is 1.62. The molecule has 1 amide bonds. The van der Waals surface area contributed by atoms with Crippen LogP contribution in [0.5, 0.6) is 0 Å². The summed E-state index contributed by atoms with van der Waals surface area (Å²) in [7, 11) is 0. The van der Waals surface area contributed by atoms with Gasteiger partial charge in [-0.1, -0.05) is 0 Å². The number of carboxylic acid groups (broad SMARTS) is 1. The van der Waals surface area contributed by atoms with Crippen molar-refractivity contribution in [3.05, 3.63) is 0 Å². The van der Waals surface area contributed by atoms with Gasteiger partial charge in [0.25, 0.3) is 0 Å². The number of hydrogen-bond donors (Lipinski definition) is 3. The fraction of sp³-hybridized carbons (Fsp3) is 0.500. The third kappa shape index (κ3) is 5.63. The SMILES string of the molecule is NC(=O)CC(N)C(=O)O.[H-].[Li+]. The molecule has 6 heteroatoms. The van der Waals surface area contributed by atoms with Crippen molar-refractivity contribution < 1.29 is 35.0 Å². The van der Waals surface area contributed by atoms with E-state index < -0.39 is 17.9 Å². The van der Waals surface area contributed by atoms with E-state index in [-0.39, 0.29) is 26.7 Å². The zero-order chi connectivity index (χ0) is 7.44. The molecule has 0 aliphatic heterocycles. The molecule has 0 saturated heterocycles. The van der Waals surface area contributed by atoms with E-state index in [1.165, 1.54) is 0 Å². The second kappa shape index (κ2) is 5.30. The summed E-state index contributed by atoms with van der Waals surface area (Å²) in [6, 6.07) is -1.16. The second-order valence-electron chi connectivity index (χ2n) is 1.62. The van der Waals surface area contributed by atoms with E-state index in [0.29, 0.717) is 0 Å². The molecule has 0 aromatic rings. The molecule has 0 aromatic carbocycles. The first-order valence-corrected chi connectivity index (χ1v) is 2.30. The number of hydrogen-bond acceptors (Lipinski definition) is 3. The summed E-state index contributed by atoms with van der Waals surface area (Å²) in [5.41, 5.74) is 9.57. The Bertz CT molecular complexity index is 143. The van der Waals surface area contributed by atoms with Crippen molar-refractivity contribution >= 4 is 11.9 Å². The van der Waals surface area contributed by atoms with Gasteiger partial charge in [-0.15, -0.1) is 0 Å². The van der Waals surface area contributed by atoms with Crippen molar-refractivity contribution in [1.29, 1.82) is 0 Å². The van der Waals surface area contributed by atoms with Gasteiger partial charge in [0.1, 0.15) is 6.04 Å². The number of primary amides is 1. The molecule has 5 nitrogen and oxygen atoms in total. The van der Waals surface area contributed by atoms with Crippen LogP contribution in [0.4, 0.5) is 0 Å². The number of nitrogens with two attached hydrogens (primary N) is 2. The Hall–Kier alpha value is -0.503. The Kier molecular flexibility index (Phi) is 6.46. The molecule has 0 saturated carbocycles. The molecular weight excluding hydrogens is 131 g/mol. The first-order valence-electron chi connectivity index (χ1n) is 2.30. The van der Waals surface area contributed by atoms with Crippen molar-refractivity contribution in [1.82, 2.24) is 0 Å². The number of carbonyl (C=O) groups is 2. The van der Waals surface area contributed by atoms with E-state index in [1.54, 1.807) is 0 Å². The van der Waals surface area contributed by atoms with Gasteiger partial charge >= 0.3 is 24.8 Å². The van der Waals surface area contributed by atoms with Crippen LogP contribution in [0, 0.1) is 0 Å². The minimum Gasteiger partial charge on any atom is -1.00 e. The van der Waals surface area contributed by atoms with Gasteiger partial charge in [0.05, 0.1) is 6.42 Å². The van der Waals surface area contributed by atoms with Crippen molar-refractivity contribution in [2.45, 2.75) is 12.5 Å². The molecule has 0 aromatic heterocycles. The first kappa shape index (κ1) is 12.2. The van der Waals surface area contributed by atoms with Gasteiger partial charge in [0, 0.05) is 0 Å². The zero-order valence-corrected chi connectivity index (χ0v) is 5.70. The van der Waals surface area contributed by atoms with Crippen LogP contribution in [0.15, 0.2) is 0 Å². The van der Waals surface area contributed by atoms with E-state index in [1.807, 2.05) is 0 Å². The molecule has 0 aliphatic rings. The summed E-state index contributed by atoms with van der Waals surface area (Å²) >= 11 is 0. The Morgan fingerprint density at radius 3 is 2.10 bits per heavy atom. The predicted molar refractivity (Wildman–Crippen MR) is 30.5 cm³/mol. The van der Waals surface area contributed by atoms with Gasteiger partial charge in [0.15, 0.2) is 0 Å². The number of carboxylic acids is 1. The molecule has 5 N–H and O–H groups in total. The summed E-state index contributed by atoms with van der Waals surface area (Å²) in [6.07, 6.45) is -0.310. The first-order chi connectivity index (χ1) is 4.04. The van der Waals surface area contributed by atoms with E-state index in [4.69, 9.17) is 10.8 Å². The van der Waals surface area contributed by atoms with E-state index in [0.717, 1.165) is 0 Å². The van der Waals surface area contributed by atoms with Crippen molar-refractivity contribution in [2.24, 2.45) is 11.5 Å². The molecule has 0 fully saturated rings. The van der Waals surface area contributed by atoms with Gasteiger partial charge in [-0.05, 0) is 0 Å². The molecule has 1 atom stereocenters. The Morgan fingerprint density at radius 1 is 1.60 bits per heavy atom. The Morgan fingerprint density at radius 2 is 2.00 bits per heavy atom. The van der Waals surface area contributed by atoms with E-state index in [2.05, 4.69) is 5.73 Å². The molecule has 0 rings (SSSR count). The minimum absolute atomic E-state index is 0. The quantitative estimate of drug-likeness (QED) is 0.343. The number of carbonyl (C=O) groups excluding carboxylic acids is 1. The smallest absolute Gasteiger partial charge is 1.00 e. The molecule has 10 heavy (non-hydrogen) atoms. The summed E-state index contributed by atoms with van der Waals surface area (Å²) in [6.45, 7) is 0. The summed E-state index contributed by atoms with van der Waals surface area (Å²) in [5.74, 6) is -1.92. The molecule has 0 aliphatic carbocycles. The third-order valence-electron chi connectivity index (χ3n) is 0.738. The predicted octanol–water partition coefficient (Wildman–Crippen LogP) is -4.61. The normalized spacial score (nSPS) is 11.3. The Labute approximate surface area is 71.4 Å². The topological polar surface area (TPSA) is 106 Å². The van der Waals surface area contributed by atoms with Crippen LogP contribution in [0.25, 0.3) is 0 Å². The molecule has 1 unspecified atom stereocenters. The van der Waals surface area contributed by atoms with Gasteiger partial charge in [0.2, 0.25) is 5.91 Å². The zero-order valence-electron chi connectivity index (χ0n) is 6.70. The van der Waals surface area contributed by atoms with Crippen LogP contribution >= 0.6 is 0 Å². The fourth-order valence-electron chi connectivity index (χ4n) is 0.304. The minimum atomic E-state index is -1.21. The van der Waals surface area contributed by atoms with Crippen LogP contribution in [0.1, 0.15) is 7.85 Å². The summed E-state index contributed by atoms with van der Waals surface area (Å²) in [4.78, 5) is 19.9. The number of rotatable bonds is 3. The molecule has 54 valence electrons. The van der Waals surface area contributed by atoms with Gasteiger partial charge in [-0.3, -0.25) is 9.59 Å². The maximum absolute atomic E-state index is 9.99. The average molecular weight is 140 g/mol. The van der Waals surface area contributed by atoms with Crippen LogP contribution in [0.3, 0.4) is 0 Å². The van der Waals surface area contributed by atoms with Crippen LogP contribution in [-0.2, 0) is 9.59 Å². The van der Waals surface area contributed by atoms with Crippen molar-refractivity contribution in [3.63, 3.8) is 0 Å². The Balaban J connectivity index is -0.000000320. The average Bonchev–Trinajstić information content (AvgIpc) is 1.63. The molecule has 0 heterocycles. The molecular formula is C4H9LiN2O3. The van der Waals surface area contributed by atoms with Gasteiger partial charge in [-0.2, -0.15) is 0 Å². The maximum Gasteiger partial charge on any atom is 1.00 e. The molecule has 0 radical (unpaired) electrons. The van der Waals surface area contributed by atoms with Gasteiger partial charge in [-0.25, -0.2) is 0 Å². The number of aliphatic carboxylic acids is 1. The monoisotopic (exact) mass is 140 g/mol. The summed E-state index contributed by atoms with van der Waals surface area (Å²) in [5, 5.41) is 8.10. The molecule has 0 bridgehead atoms. The van der Waals surface area contributed by atoms with E-state index >= 15 is 0 Å². The summed E-state index contributed by atoms with van der Waals surface area (Å²) < 4.78 is 0. The number of amides is 1. The van der Waals surface area contributed by atoms with Crippen LogP contribution < -0.4 is 30.3 Å². The largest absolute Gasteiger partial charge is 1.00 e. The maximum atomic E-state index is 9.99.